The Bertz CT molecular complexity index is 924. The second-order valence-corrected chi connectivity index (χ2v) is 6.21. The number of benzene rings is 2. The normalized spacial score (nSPS) is 11.1. The second-order valence-electron chi connectivity index (χ2n) is 5.80. The second kappa shape index (κ2) is 7.11. The van der Waals surface area contributed by atoms with Gasteiger partial charge in [0, 0.05) is 11.6 Å². The minimum atomic E-state index is -0.469. The number of halogens is 2. The van der Waals surface area contributed by atoms with E-state index in [1.165, 1.54) is 12.1 Å². The van der Waals surface area contributed by atoms with Crippen molar-refractivity contribution in [3.8, 4) is 5.75 Å². The summed E-state index contributed by atoms with van der Waals surface area (Å²) in [7, 11) is 0. The lowest BCUT2D eigenvalue weighted by atomic mass is 10.2. The highest BCUT2D eigenvalue weighted by Gasteiger charge is 2.11. The van der Waals surface area contributed by atoms with Crippen LogP contribution in [0.5, 0.6) is 5.75 Å². The Balaban J connectivity index is 1.65. The lowest BCUT2D eigenvalue weighted by molar-refractivity contribution is -0.118. The molecule has 0 atom stereocenters. The van der Waals surface area contributed by atoms with Gasteiger partial charge in [0.25, 0.3) is 5.91 Å². The number of aromatic nitrogens is 1. The first-order valence-corrected chi connectivity index (χ1v) is 8.08. The molecule has 0 bridgehead atoms. The largest absolute Gasteiger partial charge is 0.482 e. The standard InChI is InChI=1S/C18H16ClFN2O3/c1-10(2)18-22-14-8-12(4-6-16(14)25-18)21-17(23)9-24-15-5-3-11(20)7-13(15)19/h3-8,10H,9H2,1-2H3,(H,21,23). The molecule has 7 heteroatoms. The van der Waals surface area contributed by atoms with Crippen molar-refractivity contribution in [3.05, 3.63) is 53.1 Å². The fourth-order valence-electron chi connectivity index (χ4n) is 2.20. The zero-order valence-corrected chi connectivity index (χ0v) is 14.4. The highest BCUT2D eigenvalue weighted by atomic mass is 35.5. The highest BCUT2D eigenvalue weighted by Crippen LogP contribution is 2.25. The number of hydrogen-bond acceptors (Lipinski definition) is 4. The molecule has 1 heterocycles. The van der Waals surface area contributed by atoms with E-state index in [2.05, 4.69) is 10.3 Å². The highest BCUT2D eigenvalue weighted by molar-refractivity contribution is 6.32. The molecule has 0 saturated carbocycles. The maximum atomic E-state index is 13.0. The Morgan fingerprint density at radius 3 is 2.84 bits per heavy atom. The van der Waals surface area contributed by atoms with Gasteiger partial charge in [0.2, 0.25) is 0 Å². The molecule has 0 fully saturated rings. The maximum Gasteiger partial charge on any atom is 0.262 e. The van der Waals surface area contributed by atoms with Gasteiger partial charge in [0.1, 0.15) is 17.1 Å². The van der Waals surface area contributed by atoms with Gasteiger partial charge in [-0.3, -0.25) is 4.79 Å². The summed E-state index contributed by atoms with van der Waals surface area (Å²) in [6, 6.07) is 8.92. The Labute approximate surface area is 148 Å². The average molecular weight is 363 g/mol. The van der Waals surface area contributed by atoms with Gasteiger partial charge in [-0.15, -0.1) is 0 Å². The first kappa shape index (κ1) is 17.2. The number of carbonyl (C=O) groups is 1. The summed E-state index contributed by atoms with van der Waals surface area (Å²) in [4.78, 5) is 16.4. The molecule has 3 rings (SSSR count). The number of nitrogens with zero attached hydrogens (tertiary/aromatic N) is 1. The molecule has 0 aliphatic carbocycles. The summed E-state index contributed by atoms with van der Waals surface area (Å²) in [5.41, 5.74) is 1.91. The van der Waals surface area contributed by atoms with Gasteiger partial charge in [-0.25, -0.2) is 9.37 Å². The number of oxazole rings is 1. The van der Waals surface area contributed by atoms with E-state index in [0.717, 1.165) is 6.07 Å². The zero-order valence-electron chi connectivity index (χ0n) is 13.7. The van der Waals surface area contributed by atoms with Gasteiger partial charge in [-0.2, -0.15) is 0 Å². The number of fused-ring (bicyclic) bond motifs is 1. The SMILES string of the molecule is CC(C)c1nc2cc(NC(=O)COc3ccc(F)cc3Cl)ccc2o1. The predicted octanol–water partition coefficient (Wildman–Crippen LogP) is 4.76. The van der Waals surface area contributed by atoms with Crippen molar-refractivity contribution >= 4 is 34.3 Å². The minimum absolute atomic E-state index is 0.109. The van der Waals surface area contributed by atoms with Crippen LogP contribution in [0.2, 0.25) is 5.02 Å². The smallest absolute Gasteiger partial charge is 0.262 e. The Morgan fingerprint density at radius 2 is 2.12 bits per heavy atom. The van der Waals surface area contributed by atoms with Crippen LogP contribution in [0.4, 0.5) is 10.1 Å². The number of ether oxygens (including phenoxy) is 1. The first-order chi connectivity index (χ1) is 11.9. The van der Waals surface area contributed by atoms with Gasteiger partial charge >= 0.3 is 0 Å². The number of amides is 1. The zero-order chi connectivity index (χ0) is 18.0. The Hall–Kier alpha value is -2.60. The van der Waals surface area contributed by atoms with E-state index in [0.29, 0.717) is 22.7 Å². The molecule has 0 unspecified atom stereocenters. The van der Waals surface area contributed by atoms with Crippen molar-refractivity contribution in [3.63, 3.8) is 0 Å². The summed E-state index contributed by atoms with van der Waals surface area (Å²) < 4.78 is 23.9. The molecule has 1 aromatic heterocycles. The number of rotatable bonds is 5. The Kier molecular flexibility index (Phi) is 4.90. The summed E-state index contributed by atoms with van der Waals surface area (Å²) >= 11 is 5.85. The Morgan fingerprint density at radius 1 is 1.32 bits per heavy atom. The van der Waals surface area contributed by atoms with E-state index in [9.17, 15) is 9.18 Å². The summed E-state index contributed by atoms with van der Waals surface area (Å²) in [5, 5.41) is 2.82. The van der Waals surface area contributed by atoms with Crippen molar-refractivity contribution in [2.24, 2.45) is 0 Å². The average Bonchev–Trinajstić information content (AvgIpc) is 2.97. The van der Waals surface area contributed by atoms with Crippen LogP contribution in [0.3, 0.4) is 0 Å². The van der Waals surface area contributed by atoms with Crippen molar-refractivity contribution in [2.75, 3.05) is 11.9 Å². The van der Waals surface area contributed by atoms with Crippen LogP contribution in [0.25, 0.3) is 11.1 Å². The topological polar surface area (TPSA) is 64.4 Å². The van der Waals surface area contributed by atoms with Gasteiger partial charge in [0.05, 0.1) is 5.02 Å². The molecular weight excluding hydrogens is 347 g/mol. The van der Waals surface area contributed by atoms with Gasteiger partial charge in [-0.1, -0.05) is 25.4 Å². The fourth-order valence-corrected chi connectivity index (χ4v) is 2.42. The third kappa shape index (κ3) is 4.09. The van der Waals surface area contributed by atoms with E-state index in [4.69, 9.17) is 20.8 Å². The van der Waals surface area contributed by atoms with Crippen molar-refractivity contribution in [1.82, 2.24) is 4.98 Å². The summed E-state index contributed by atoms with van der Waals surface area (Å²) in [5.74, 6) is 0.231. The fraction of sp³-hybridized carbons (Fsp3) is 0.222. The predicted molar refractivity (Wildman–Crippen MR) is 93.6 cm³/mol. The van der Waals surface area contributed by atoms with Crippen LogP contribution < -0.4 is 10.1 Å². The molecule has 25 heavy (non-hydrogen) atoms. The van der Waals surface area contributed by atoms with Crippen molar-refractivity contribution in [1.29, 1.82) is 0 Å². The monoisotopic (exact) mass is 362 g/mol. The van der Waals surface area contributed by atoms with E-state index in [-0.39, 0.29) is 29.2 Å². The lowest BCUT2D eigenvalue weighted by Crippen LogP contribution is -2.20. The number of hydrogen-bond donors (Lipinski definition) is 1. The molecule has 5 nitrogen and oxygen atoms in total. The molecule has 0 saturated heterocycles. The molecule has 0 aliphatic rings. The molecule has 3 aromatic rings. The van der Waals surface area contributed by atoms with Gasteiger partial charge in [0.15, 0.2) is 18.1 Å². The van der Waals surface area contributed by atoms with E-state index in [1.54, 1.807) is 18.2 Å². The lowest BCUT2D eigenvalue weighted by Gasteiger charge is -2.08. The molecular formula is C18H16ClFN2O3. The van der Waals surface area contributed by atoms with Crippen molar-refractivity contribution in [2.45, 2.75) is 19.8 Å². The number of carbonyl (C=O) groups excluding carboxylic acids is 1. The molecule has 130 valence electrons. The molecule has 2 aromatic carbocycles. The number of nitrogens with one attached hydrogen (secondary N) is 1. The summed E-state index contributed by atoms with van der Waals surface area (Å²) in [6.07, 6.45) is 0. The molecule has 0 spiro atoms. The van der Waals surface area contributed by atoms with E-state index in [1.807, 2.05) is 13.8 Å². The molecule has 1 amide bonds. The van der Waals surface area contributed by atoms with Crippen LogP contribution in [0, 0.1) is 5.82 Å². The number of anilines is 1. The molecule has 1 N–H and O–H groups in total. The van der Waals surface area contributed by atoms with Crippen LogP contribution >= 0.6 is 11.6 Å². The van der Waals surface area contributed by atoms with Crippen LogP contribution in [-0.4, -0.2) is 17.5 Å². The quantitative estimate of drug-likeness (QED) is 0.710. The van der Waals surface area contributed by atoms with Gasteiger partial charge < -0.3 is 14.5 Å². The third-order valence-corrected chi connectivity index (χ3v) is 3.73. The van der Waals surface area contributed by atoms with Crippen LogP contribution in [0.15, 0.2) is 40.8 Å². The third-order valence-electron chi connectivity index (χ3n) is 3.43. The minimum Gasteiger partial charge on any atom is -0.482 e. The van der Waals surface area contributed by atoms with Crippen molar-refractivity contribution < 1.29 is 18.3 Å². The van der Waals surface area contributed by atoms with Gasteiger partial charge in [-0.05, 0) is 36.4 Å². The molecule has 0 aliphatic heterocycles. The first-order valence-electron chi connectivity index (χ1n) is 7.70. The van der Waals surface area contributed by atoms with Crippen LogP contribution in [-0.2, 0) is 4.79 Å². The maximum absolute atomic E-state index is 13.0. The van der Waals surface area contributed by atoms with E-state index >= 15 is 0 Å². The van der Waals surface area contributed by atoms with Crippen LogP contribution in [0.1, 0.15) is 25.7 Å². The summed E-state index contributed by atoms with van der Waals surface area (Å²) in [6.45, 7) is 3.73. The molecule has 0 radical (unpaired) electrons. The van der Waals surface area contributed by atoms with E-state index < -0.39 is 5.82 Å².